The third-order valence-corrected chi connectivity index (χ3v) is 2.98. The van der Waals surface area contributed by atoms with Crippen LogP contribution in [0.15, 0.2) is 18.2 Å². The maximum atomic E-state index is 11.9. The quantitative estimate of drug-likeness (QED) is 0.816. The number of benzene rings is 1. The summed E-state index contributed by atoms with van der Waals surface area (Å²) in [7, 11) is 3.32. The number of amides is 2. The summed E-state index contributed by atoms with van der Waals surface area (Å²) >= 11 is 0. The van der Waals surface area contributed by atoms with Gasteiger partial charge >= 0.3 is 0 Å². The summed E-state index contributed by atoms with van der Waals surface area (Å²) in [5, 5.41) is 5.86. The van der Waals surface area contributed by atoms with Crippen LogP contribution in [0.25, 0.3) is 0 Å². The van der Waals surface area contributed by atoms with Crippen molar-refractivity contribution < 1.29 is 9.59 Å². The van der Waals surface area contributed by atoms with Gasteiger partial charge in [-0.1, -0.05) is 0 Å². The Bertz CT molecular complexity index is 483. The number of rotatable bonds is 3. The first kappa shape index (κ1) is 12.4. The van der Waals surface area contributed by atoms with Crippen LogP contribution in [0.5, 0.6) is 0 Å². The average molecular weight is 247 g/mol. The molecule has 0 aliphatic carbocycles. The smallest absolute Gasteiger partial charge is 0.251 e. The van der Waals surface area contributed by atoms with E-state index < -0.39 is 0 Å². The Morgan fingerprint density at radius 1 is 1.39 bits per heavy atom. The van der Waals surface area contributed by atoms with E-state index in [2.05, 4.69) is 10.6 Å². The molecule has 1 aromatic carbocycles. The number of fused-ring (bicyclic) bond motifs is 1. The summed E-state index contributed by atoms with van der Waals surface area (Å²) in [4.78, 5) is 24.7. The lowest BCUT2D eigenvalue weighted by molar-refractivity contribution is -0.127. The van der Waals surface area contributed by atoms with E-state index in [1.807, 2.05) is 12.1 Å². The number of carbonyl (C=O) groups is 2. The van der Waals surface area contributed by atoms with Crippen molar-refractivity contribution in [2.24, 2.45) is 0 Å². The van der Waals surface area contributed by atoms with Crippen LogP contribution >= 0.6 is 0 Å². The van der Waals surface area contributed by atoms with Crippen LogP contribution in [-0.4, -0.2) is 43.9 Å². The zero-order valence-electron chi connectivity index (χ0n) is 10.6. The molecule has 0 saturated heterocycles. The van der Waals surface area contributed by atoms with E-state index in [0.29, 0.717) is 5.56 Å². The second kappa shape index (κ2) is 5.08. The Balaban J connectivity index is 1.99. The Hall–Kier alpha value is -2.04. The fourth-order valence-electron chi connectivity index (χ4n) is 1.86. The second-order valence-electron chi connectivity index (χ2n) is 4.52. The number of carbonyl (C=O) groups excluding carboxylic acids is 2. The van der Waals surface area contributed by atoms with Gasteiger partial charge in [0.25, 0.3) is 5.91 Å². The van der Waals surface area contributed by atoms with Gasteiger partial charge in [0.2, 0.25) is 5.91 Å². The van der Waals surface area contributed by atoms with Crippen molar-refractivity contribution in [2.45, 2.75) is 6.42 Å². The molecule has 1 aliphatic rings. The zero-order chi connectivity index (χ0) is 13.1. The number of anilines is 1. The minimum absolute atomic E-state index is 0.0289. The van der Waals surface area contributed by atoms with Crippen molar-refractivity contribution in [1.29, 1.82) is 0 Å². The zero-order valence-corrected chi connectivity index (χ0v) is 10.6. The predicted octanol–water partition coefficient (Wildman–Crippen LogP) is 0.473. The first-order valence-electron chi connectivity index (χ1n) is 5.93. The van der Waals surface area contributed by atoms with Gasteiger partial charge in [0.1, 0.15) is 0 Å². The van der Waals surface area contributed by atoms with Crippen LogP contribution in [-0.2, 0) is 11.2 Å². The molecule has 0 aromatic heterocycles. The van der Waals surface area contributed by atoms with Crippen LogP contribution in [0.1, 0.15) is 15.9 Å². The van der Waals surface area contributed by atoms with Crippen molar-refractivity contribution in [3.8, 4) is 0 Å². The Kier molecular flexibility index (Phi) is 3.50. The van der Waals surface area contributed by atoms with E-state index in [9.17, 15) is 9.59 Å². The van der Waals surface area contributed by atoms with E-state index in [1.54, 1.807) is 20.2 Å². The van der Waals surface area contributed by atoms with Crippen LogP contribution in [0.4, 0.5) is 5.69 Å². The summed E-state index contributed by atoms with van der Waals surface area (Å²) in [6.07, 6.45) is 0.938. The van der Waals surface area contributed by atoms with Crippen molar-refractivity contribution in [3.63, 3.8) is 0 Å². The summed E-state index contributed by atoms with van der Waals surface area (Å²) < 4.78 is 0. The Morgan fingerprint density at radius 2 is 2.17 bits per heavy atom. The third kappa shape index (κ3) is 2.61. The predicted molar refractivity (Wildman–Crippen MR) is 69.7 cm³/mol. The molecule has 0 fully saturated rings. The molecule has 2 N–H and O–H groups in total. The van der Waals surface area contributed by atoms with Gasteiger partial charge in [0.15, 0.2) is 0 Å². The largest absolute Gasteiger partial charge is 0.384 e. The van der Waals surface area contributed by atoms with Gasteiger partial charge in [-0.2, -0.15) is 0 Å². The molecule has 0 spiro atoms. The number of hydrogen-bond acceptors (Lipinski definition) is 3. The van der Waals surface area contributed by atoms with Crippen LogP contribution < -0.4 is 10.6 Å². The topological polar surface area (TPSA) is 61.4 Å². The molecular formula is C13H17N3O2. The molecule has 2 amide bonds. The molecule has 1 aromatic rings. The van der Waals surface area contributed by atoms with Crippen LogP contribution in [0.2, 0.25) is 0 Å². The first-order valence-corrected chi connectivity index (χ1v) is 5.93. The molecule has 0 saturated carbocycles. The molecule has 0 unspecified atom stereocenters. The van der Waals surface area contributed by atoms with Crippen molar-refractivity contribution in [2.75, 3.05) is 32.5 Å². The summed E-state index contributed by atoms with van der Waals surface area (Å²) in [5.74, 6) is -0.328. The lowest BCUT2D eigenvalue weighted by atomic mass is 10.1. The normalized spacial score (nSPS) is 12.6. The number of nitrogens with zero attached hydrogens (tertiary/aromatic N) is 1. The van der Waals surface area contributed by atoms with Gasteiger partial charge in [0, 0.05) is 31.9 Å². The second-order valence-corrected chi connectivity index (χ2v) is 4.52. The molecule has 2 rings (SSSR count). The molecule has 5 nitrogen and oxygen atoms in total. The van der Waals surface area contributed by atoms with Crippen molar-refractivity contribution in [3.05, 3.63) is 29.3 Å². The highest BCUT2D eigenvalue weighted by Crippen LogP contribution is 2.22. The van der Waals surface area contributed by atoms with Crippen LogP contribution in [0, 0.1) is 0 Å². The first-order chi connectivity index (χ1) is 8.58. The number of nitrogens with one attached hydrogen (secondary N) is 2. The average Bonchev–Trinajstić information content (AvgIpc) is 2.82. The standard InChI is InChI=1S/C13H17N3O2/c1-16(2)12(17)8-15-13(18)10-3-4-11-9(7-10)5-6-14-11/h3-4,7,14H,5-6,8H2,1-2H3,(H,15,18). The van der Waals surface area contributed by atoms with Crippen molar-refractivity contribution in [1.82, 2.24) is 10.2 Å². The van der Waals surface area contributed by atoms with Gasteiger partial charge < -0.3 is 15.5 Å². The molecule has 18 heavy (non-hydrogen) atoms. The summed E-state index contributed by atoms with van der Waals surface area (Å²) in [6, 6.07) is 5.56. The van der Waals surface area contributed by atoms with Gasteiger partial charge in [-0.25, -0.2) is 0 Å². The summed E-state index contributed by atoms with van der Waals surface area (Å²) in [5.41, 5.74) is 2.85. The van der Waals surface area contributed by atoms with E-state index in [-0.39, 0.29) is 18.4 Å². The Morgan fingerprint density at radius 3 is 2.89 bits per heavy atom. The monoisotopic (exact) mass is 247 g/mol. The van der Waals surface area contributed by atoms with Gasteiger partial charge in [-0.05, 0) is 30.2 Å². The lowest BCUT2D eigenvalue weighted by Crippen LogP contribution is -2.36. The maximum absolute atomic E-state index is 11.9. The molecule has 0 atom stereocenters. The molecular weight excluding hydrogens is 230 g/mol. The SMILES string of the molecule is CN(C)C(=O)CNC(=O)c1ccc2c(c1)CCN2. The highest BCUT2D eigenvalue weighted by molar-refractivity contribution is 5.97. The number of hydrogen-bond donors (Lipinski definition) is 2. The fourth-order valence-corrected chi connectivity index (χ4v) is 1.86. The molecule has 0 radical (unpaired) electrons. The minimum atomic E-state index is -0.208. The van der Waals surface area contributed by atoms with E-state index in [0.717, 1.165) is 24.2 Å². The highest BCUT2D eigenvalue weighted by atomic mass is 16.2. The Labute approximate surface area is 106 Å². The van der Waals surface area contributed by atoms with Crippen LogP contribution in [0.3, 0.4) is 0 Å². The highest BCUT2D eigenvalue weighted by Gasteiger charge is 2.14. The van der Waals surface area contributed by atoms with Gasteiger partial charge in [-0.15, -0.1) is 0 Å². The number of likely N-dealkylation sites (N-methyl/N-ethyl adjacent to an activating group) is 1. The van der Waals surface area contributed by atoms with E-state index >= 15 is 0 Å². The summed E-state index contributed by atoms with van der Waals surface area (Å²) in [6.45, 7) is 0.945. The lowest BCUT2D eigenvalue weighted by Gasteiger charge is -2.11. The van der Waals surface area contributed by atoms with Gasteiger partial charge in [-0.3, -0.25) is 9.59 Å². The van der Waals surface area contributed by atoms with Crippen molar-refractivity contribution >= 4 is 17.5 Å². The maximum Gasteiger partial charge on any atom is 0.251 e. The van der Waals surface area contributed by atoms with Gasteiger partial charge in [0.05, 0.1) is 6.54 Å². The van der Waals surface area contributed by atoms with E-state index in [4.69, 9.17) is 0 Å². The minimum Gasteiger partial charge on any atom is -0.384 e. The molecule has 0 bridgehead atoms. The molecule has 5 heteroatoms. The van der Waals surface area contributed by atoms with E-state index in [1.165, 1.54) is 4.90 Å². The molecule has 1 heterocycles. The molecule has 96 valence electrons. The third-order valence-electron chi connectivity index (χ3n) is 2.98. The fraction of sp³-hybridized carbons (Fsp3) is 0.385. The molecule has 1 aliphatic heterocycles.